The Bertz CT molecular complexity index is 368. The number of halogens is 1. The maximum absolute atomic E-state index is 11.8. The highest BCUT2D eigenvalue weighted by molar-refractivity contribution is 6.44. The van der Waals surface area contributed by atoms with Gasteiger partial charge >= 0.3 is 0 Å². The van der Waals surface area contributed by atoms with Crippen molar-refractivity contribution in [3.05, 3.63) is 35.0 Å². The third kappa shape index (κ3) is 1.74. The maximum Gasteiger partial charge on any atom is 0.270 e. The van der Waals surface area contributed by atoms with Crippen molar-refractivity contribution in [2.24, 2.45) is 0 Å². The van der Waals surface area contributed by atoms with Crippen molar-refractivity contribution >= 4 is 17.5 Å². The van der Waals surface area contributed by atoms with Crippen molar-refractivity contribution in [1.29, 1.82) is 0 Å². The molecule has 1 heterocycles. The minimum Gasteiger partial charge on any atom is -0.307 e. The van der Waals surface area contributed by atoms with Gasteiger partial charge in [-0.3, -0.25) is 4.79 Å². The van der Waals surface area contributed by atoms with E-state index in [1.54, 1.807) is 4.90 Å². The largest absolute Gasteiger partial charge is 0.307 e. The fourth-order valence-electron chi connectivity index (χ4n) is 2.06. The first kappa shape index (κ1) is 10.5. The molecule has 15 heavy (non-hydrogen) atoms. The Morgan fingerprint density at radius 2 is 2.40 bits per heavy atom. The summed E-state index contributed by atoms with van der Waals surface area (Å²) in [7, 11) is 0. The molecule has 0 aromatic rings. The second kappa shape index (κ2) is 4.23. The predicted molar refractivity (Wildman–Crippen MR) is 61.3 cm³/mol. The number of amides is 1. The highest BCUT2D eigenvalue weighted by Gasteiger charge is 2.33. The van der Waals surface area contributed by atoms with Crippen LogP contribution in [0.5, 0.6) is 0 Å². The number of hydrogen-bond acceptors (Lipinski definition) is 1. The van der Waals surface area contributed by atoms with E-state index in [1.165, 1.54) is 0 Å². The number of fused-ring (bicyclic) bond motifs is 1. The minimum atomic E-state index is -0.0401. The molecule has 0 spiro atoms. The van der Waals surface area contributed by atoms with E-state index in [4.69, 9.17) is 11.6 Å². The Morgan fingerprint density at radius 3 is 3.13 bits per heavy atom. The van der Waals surface area contributed by atoms with Gasteiger partial charge in [0.2, 0.25) is 0 Å². The summed E-state index contributed by atoms with van der Waals surface area (Å²) < 4.78 is 0. The molecule has 0 radical (unpaired) electrons. The van der Waals surface area contributed by atoms with Crippen LogP contribution in [0.2, 0.25) is 0 Å². The Morgan fingerprint density at radius 1 is 1.60 bits per heavy atom. The molecule has 1 amide bonds. The fraction of sp³-hybridized carbons (Fsp3) is 0.417. The topological polar surface area (TPSA) is 20.3 Å². The molecule has 2 nitrogen and oxygen atoms in total. The van der Waals surface area contributed by atoms with E-state index in [1.807, 2.05) is 6.08 Å². The second-order valence-electron chi connectivity index (χ2n) is 3.81. The summed E-state index contributed by atoms with van der Waals surface area (Å²) in [6.07, 6.45) is 7.82. The third-order valence-electron chi connectivity index (χ3n) is 2.82. The number of allylic oxidation sites excluding steroid dienone is 2. The lowest BCUT2D eigenvalue weighted by Crippen LogP contribution is -2.26. The Kier molecular flexibility index (Phi) is 2.96. The lowest BCUT2D eigenvalue weighted by molar-refractivity contribution is -0.123. The second-order valence-corrected chi connectivity index (χ2v) is 4.19. The smallest absolute Gasteiger partial charge is 0.270 e. The van der Waals surface area contributed by atoms with Gasteiger partial charge in [-0.1, -0.05) is 23.8 Å². The SMILES string of the molecule is C=CCCN1C(=O)C(Cl)=C2CCCC=C21. The van der Waals surface area contributed by atoms with Crippen molar-refractivity contribution in [2.45, 2.75) is 25.7 Å². The summed E-state index contributed by atoms with van der Waals surface area (Å²) in [6, 6.07) is 0. The van der Waals surface area contributed by atoms with Gasteiger partial charge in [0.1, 0.15) is 5.03 Å². The highest BCUT2D eigenvalue weighted by Crippen LogP contribution is 2.37. The molecule has 80 valence electrons. The van der Waals surface area contributed by atoms with E-state index in [0.717, 1.165) is 37.0 Å². The van der Waals surface area contributed by atoms with E-state index < -0.39 is 0 Å². The zero-order valence-electron chi connectivity index (χ0n) is 8.63. The van der Waals surface area contributed by atoms with E-state index in [9.17, 15) is 4.79 Å². The van der Waals surface area contributed by atoms with Gasteiger partial charge in [-0.15, -0.1) is 6.58 Å². The van der Waals surface area contributed by atoms with Crippen molar-refractivity contribution in [3.63, 3.8) is 0 Å². The first-order valence-corrected chi connectivity index (χ1v) is 5.65. The molecule has 0 N–H and O–H groups in total. The molecule has 0 bridgehead atoms. The average Bonchev–Trinajstić information content (AvgIpc) is 2.51. The molecule has 1 aliphatic heterocycles. The zero-order chi connectivity index (χ0) is 10.8. The number of carbonyl (C=O) groups is 1. The quantitative estimate of drug-likeness (QED) is 0.674. The lowest BCUT2D eigenvalue weighted by atomic mass is 10.00. The van der Waals surface area contributed by atoms with Crippen LogP contribution in [0.15, 0.2) is 35.0 Å². The monoisotopic (exact) mass is 223 g/mol. The molecule has 0 aromatic heterocycles. The fourth-order valence-corrected chi connectivity index (χ4v) is 2.36. The summed E-state index contributed by atoms with van der Waals surface area (Å²) in [5.41, 5.74) is 2.08. The standard InChI is InChI=1S/C12H14ClNO/c1-2-3-8-14-10-7-5-4-6-9(10)11(13)12(14)15/h2,7H,1,3-6,8H2. The minimum absolute atomic E-state index is 0.0401. The number of nitrogens with zero attached hydrogens (tertiary/aromatic N) is 1. The summed E-state index contributed by atoms with van der Waals surface area (Å²) in [4.78, 5) is 13.6. The molecule has 2 aliphatic rings. The van der Waals surface area contributed by atoms with Crippen LogP contribution in [-0.2, 0) is 4.79 Å². The van der Waals surface area contributed by atoms with Crippen molar-refractivity contribution < 1.29 is 4.79 Å². The van der Waals surface area contributed by atoms with E-state index in [0.29, 0.717) is 11.6 Å². The molecular weight excluding hydrogens is 210 g/mol. The number of rotatable bonds is 3. The molecule has 0 unspecified atom stereocenters. The summed E-state index contributed by atoms with van der Waals surface area (Å²) in [5, 5.41) is 0.421. The van der Waals surface area contributed by atoms with Gasteiger partial charge in [-0.25, -0.2) is 0 Å². The van der Waals surface area contributed by atoms with E-state index in [2.05, 4.69) is 12.7 Å². The molecule has 0 fully saturated rings. The Hall–Kier alpha value is -1.02. The third-order valence-corrected chi connectivity index (χ3v) is 3.21. The van der Waals surface area contributed by atoms with E-state index in [-0.39, 0.29) is 5.91 Å². The molecule has 0 saturated carbocycles. The van der Waals surface area contributed by atoms with Crippen LogP contribution < -0.4 is 0 Å². The molecule has 2 rings (SSSR count). The maximum atomic E-state index is 11.8. The molecule has 0 aromatic carbocycles. The number of hydrogen-bond donors (Lipinski definition) is 0. The van der Waals surface area contributed by atoms with Crippen LogP contribution in [0.3, 0.4) is 0 Å². The first-order valence-electron chi connectivity index (χ1n) is 5.27. The summed E-state index contributed by atoms with van der Waals surface area (Å²) >= 11 is 6.03. The molecule has 0 atom stereocenters. The average molecular weight is 224 g/mol. The molecule has 1 aliphatic carbocycles. The number of carbonyl (C=O) groups excluding carboxylic acids is 1. The van der Waals surface area contributed by atoms with E-state index >= 15 is 0 Å². The van der Waals surface area contributed by atoms with Gasteiger partial charge in [0.25, 0.3) is 5.91 Å². The molecular formula is C12H14ClNO. The van der Waals surface area contributed by atoms with Crippen molar-refractivity contribution in [3.8, 4) is 0 Å². The van der Waals surface area contributed by atoms with Crippen LogP contribution in [0.4, 0.5) is 0 Å². The van der Waals surface area contributed by atoms with Gasteiger partial charge in [-0.2, -0.15) is 0 Å². The van der Waals surface area contributed by atoms with Crippen LogP contribution in [-0.4, -0.2) is 17.4 Å². The van der Waals surface area contributed by atoms with Crippen LogP contribution in [0, 0.1) is 0 Å². The molecule has 3 heteroatoms. The van der Waals surface area contributed by atoms with Crippen molar-refractivity contribution in [2.75, 3.05) is 6.54 Å². The van der Waals surface area contributed by atoms with Gasteiger partial charge in [0.05, 0.1) is 0 Å². The van der Waals surface area contributed by atoms with Crippen LogP contribution >= 0.6 is 11.6 Å². The van der Waals surface area contributed by atoms with Gasteiger partial charge in [0, 0.05) is 12.2 Å². The van der Waals surface area contributed by atoms with Crippen LogP contribution in [0.1, 0.15) is 25.7 Å². The normalized spacial score (nSPS) is 20.5. The highest BCUT2D eigenvalue weighted by atomic mass is 35.5. The van der Waals surface area contributed by atoms with Crippen molar-refractivity contribution in [1.82, 2.24) is 4.90 Å². The molecule has 0 saturated heterocycles. The first-order chi connectivity index (χ1) is 7.25. The Labute approximate surface area is 94.9 Å². The Balaban J connectivity index is 2.25. The zero-order valence-corrected chi connectivity index (χ0v) is 9.39. The van der Waals surface area contributed by atoms with Gasteiger partial charge < -0.3 is 4.90 Å². The predicted octanol–water partition coefficient (Wildman–Crippen LogP) is 2.97. The van der Waals surface area contributed by atoms with Crippen LogP contribution in [0.25, 0.3) is 0 Å². The van der Waals surface area contributed by atoms with Gasteiger partial charge in [-0.05, 0) is 31.3 Å². The lowest BCUT2D eigenvalue weighted by Gasteiger charge is -2.21. The van der Waals surface area contributed by atoms with Gasteiger partial charge in [0.15, 0.2) is 0 Å². The summed E-state index contributed by atoms with van der Waals surface area (Å²) in [5.74, 6) is -0.0401. The summed E-state index contributed by atoms with van der Waals surface area (Å²) in [6.45, 7) is 4.35.